The molecular weight excluding hydrogens is 384 g/mol. The van der Waals surface area contributed by atoms with Crippen LogP contribution in [-0.2, 0) is 10.0 Å². The van der Waals surface area contributed by atoms with Crippen LogP contribution in [0.25, 0.3) is 0 Å². The van der Waals surface area contributed by atoms with Crippen molar-refractivity contribution in [3.05, 3.63) is 60.2 Å². The monoisotopic (exact) mass is 412 g/mol. The first-order chi connectivity index (χ1) is 13.9. The van der Waals surface area contributed by atoms with Crippen molar-refractivity contribution in [2.24, 2.45) is 17.8 Å². The van der Waals surface area contributed by atoms with Crippen LogP contribution in [0.1, 0.15) is 43.0 Å². The van der Waals surface area contributed by atoms with Gasteiger partial charge in [0.25, 0.3) is 15.9 Å². The number of carbonyl (C=O) groups excluding carboxylic acids is 1. The van der Waals surface area contributed by atoms with Crippen LogP contribution in [0.2, 0.25) is 0 Å². The zero-order chi connectivity index (χ0) is 20.6. The van der Waals surface area contributed by atoms with Gasteiger partial charge in [0.2, 0.25) is 0 Å². The molecule has 6 heteroatoms. The zero-order valence-electron chi connectivity index (χ0n) is 16.9. The summed E-state index contributed by atoms with van der Waals surface area (Å²) in [5.41, 5.74) is 0.753. The maximum atomic E-state index is 13.2. The highest BCUT2D eigenvalue weighted by Crippen LogP contribution is 2.49. The van der Waals surface area contributed by atoms with E-state index in [1.165, 1.54) is 43.1 Å². The van der Waals surface area contributed by atoms with E-state index >= 15 is 0 Å². The van der Waals surface area contributed by atoms with Crippen molar-refractivity contribution in [3.63, 3.8) is 0 Å². The Morgan fingerprint density at radius 1 is 1.03 bits per heavy atom. The van der Waals surface area contributed by atoms with Gasteiger partial charge in [-0.2, -0.15) is 0 Å². The molecule has 4 rings (SSSR count). The Hall–Kier alpha value is -2.34. The summed E-state index contributed by atoms with van der Waals surface area (Å²) in [6.45, 7) is 2.05. The maximum absolute atomic E-state index is 13.2. The minimum absolute atomic E-state index is 0.0315. The Kier molecular flexibility index (Phi) is 5.38. The number of hydrogen-bond acceptors (Lipinski definition) is 3. The van der Waals surface area contributed by atoms with Crippen molar-refractivity contribution < 1.29 is 13.2 Å². The number of benzene rings is 2. The summed E-state index contributed by atoms with van der Waals surface area (Å²) in [7, 11) is -2.35. The lowest BCUT2D eigenvalue weighted by Crippen LogP contribution is -2.41. The normalized spacial score (nSPS) is 24.3. The predicted octanol–water partition coefficient (Wildman–Crippen LogP) is 4.07. The number of fused-ring (bicyclic) bond motifs is 2. The molecule has 2 aliphatic rings. The van der Waals surface area contributed by atoms with Crippen LogP contribution in [-0.4, -0.2) is 27.4 Å². The minimum Gasteiger partial charge on any atom is -0.349 e. The van der Waals surface area contributed by atoms with Crippen LogP contribution >= 0.6 is 0 Å². The smallest absolute Gasteiger partial charge is 0.264 e. The molecule has 2 aromatic rings. The number of carbonyl (C=O) groups is 1. The predicted molar refractivity (Wildman–Crippen MR) is 114 cm³/mol. The van der Waals surface area contributed by atoms with Gasteiger partial charge in [0.15, 0.2) is 0 Å². The minimum atomic E-state index is -3.86. The van der Waals surface area contributed by atoms with Gasteiger partial charge in [-0.3, -0.25) is 9.10 Å². The first-order valence-corrected chi connectivity index (χ1v) is 11.8. The van der Waals surface area contributed by atoms with Crippen LogP contribution in [0.4, 0.5) is 5.69 Å². The molecule has 4 atom stereocenters. The van der Waals surface area contributed by atoms with Gasteiger partial charge in [0.05, 0.1) is 11.3 Å². The number of hydrogen-bond donors (Lipinski definition) is 1. The fourth-order valence-electron chi connectivity index (χ4n) is 5.10. The Morgan fingerprint density at radius 2 is 1.72 bits per heavy atom. The molecule has 0 spiro atoms. The highest BCUT2D eigenvalue weighted by atomic mass is 32.2. The first kappa shape index (κ1) is 20.0. The van der Waals surface area contributed by atoms with Gasteiger partial charge in [0.1, 0.15) is 4.90 Å². The summed E-state index contributed by atoms with van der Waals surface area (Å²) >= 11 is 0. The molecule has 2 saturated carbocycles. The molecule has 2 aromatic carbocycles. The SMILES string of the molecule is C[C@@H](NC(=O)c1ccccc1S(=O)(=O)N(C)c1ccccc1)[C@H]1C[C@H]2CC[C@H]1C2. The number of amides is 1. The topological polar surface area (TPSA) is 66.5 Å². The quantitative estimate of drug-likeness (QED) is 0.778. The molecule has 29 heavy (non-hydrogen) atoms. The number of rotatable bonds is 6. The molecule has 0 radical (unpaired) electrons. The van der Waals surface area contributed by atoms with Crippen LogP contribution in [0.15, 0.2) is 59.5 Å². The molecule has 0 aromatic heterocycles. The molecule has 0 aliphatic heterocycles. The van der Waals surface area contributed by atoms with Crippen LogP contribution in [0.3, 0.4) is 0 Å². The van der Waals surface area contributed by atoms with E-state index < -0.39 is 10.0 Å². The van der Waals surface area contributed by atoms with Gasteiger partial charge < -0.3 is 5.32 Å². The summed E-state index contributed by atoms with van der Waals surface area (Å²) in [5.74, 6) is 1.67. The Morgan fingerprint density at radius 3 is 2.38 bits per heavy atom. The number of anilines is 1. The third kappa shape index (κ3) is 3.78. The van der Waals surface area contributed by atoms with E-state index in [0.717, 1.165) is 5.92 Å². The van der Waals surface area contributed by atoms with E-state index in [4.69, 9.17) is 0 Å². The van der Waals surface area contributed by atoms with E-state index in [1.54, 1.807) is 42.5 Å². The van der Waals surface area contributed by atoms with E-state index in [-0.39, 0.29) is 22.4 Å². The highest BCUT2D eigenvalue weighted by molar-refractivity contribution is 7.92. The largest absolute Gasteiger partial charge is 0.349 e. The molecule has 2 fully saturated rings. The second-order valence-corrected chi connectivity index (χ2v) is 10.3. The summed E-state index contributed by atoms with van der Waals surface area (Å²) < 4.78 is 27.7. The standard InChI is InChI=1S/C23H28N2O3S/c1-16(21-15-17-12-13-18(21)14-17)24-23(26)20-10-6-7-11-22(20)29(27,28)25(2)19-8-4-3-5-9-19/h3-11,16-18,21H,12-15H2,1-2H3,(H,24,26)/t16-,17+,18+,21-/m1/s1. The fraction of sp³-hybridized carbons (Fsp3) is 0.435. The van der Waals surface area contributed by atoms with Gasteiger partial charge >= 0.3 is 0 Å². The molecule has 2 aliphatic carbocycles. The summed E-state index contributed by atoms with van der Waals surface area (Å²) in [4.78, 5) is 13.1. The molecule has 5 nitrogen and oxygen atoms in total. The Labute approximate surface area is 173 Å². The summed E-state index contributed by atoms with van der Waals surface area (Å²) in [5, 5.41) is 3.09. The van der Waals surface area contributed by atoms with E-state index in [2.05, 4.69) is 12.2 Å². The van der Waals surface area contributed by atoms with Crippen LogP contribution < -0.4 is 9.62 Å². The summed E-state index contributed by atoms with van der Waals surface area (Å²) in [6, 6.07) is 15.4. The molecule has 1 N–H and O–H groups in total. The Bertz CT molecular complexity index is 990. The van der Waals surface area contributed by atoms with Crippen molar-refractivity contribution in [2.75, 3.05) is 11.4 Å². The third-order valence-corrected chi connectivity index (χ3v) is 8.53. The zero-order valence-corrected chi connectivity index (χ0v) is 17.7. The van der Waals surface area contributed by atoms with Crippen LogP contribution in [0, 0.1) is 17.8 Å². The molecule has 154 valence electrons. The van der Waals surface area contributed by atoms with Gasteiger partial charge in [-0.25, -0.2) is 8.42 Å². The lowest BCUT2D eigenvalue weighted by molar-refractivity contribution is 0.0912. The molecule has 2 bridgehead atoms. The van der Waals surface area contributed by atoms with Gasteiger partial charge in [0, 0.05) is 13.1 Å². The van der Waals surface area contributed by atoms with Crippen molar-refractivity contribution >= 4 is 21.6 Å². The lowest BCUT2D eigenvalue weighted by Gasteiger charge is -2.29. The third-order valence-electron chi connectivity index (χ3n) is 6.68. The van der Waals surface area contributed by atoms with E-state index in [1.807, 2.05) is 6.07 Å². The Balaban J connectivity index is 1.57. The number of nitrogens with zero attached hydrogens (tertiary/aromatic N) is 1. The number of para-hydroxylation sites is 1. The molecular formula is C23H28N2O3S. The second kappa shape index (κ2) is 7.82. The van der Waals surface area contributed by atoms with Gasteiger partial charge in [-0.15, -0.1) is 0 Å². The fourth-order valence-corrected chi connectivity index (χ4v) is 6.48. The van der Waals surface area contributed by atoms with Crippen molar-refractivity contribution in [1.29, 1.82) is 0 Å². The highest BCUT2D eigenvalue weighted by Gasteiger charge is 2.42. The number of sulfonamides is 1. The second-order valence-electron chi connectivity index (χ2n) is 8.41. The lowest BCUT2D eigenvalue weighted by atomic mass is 9.84. The van der Waals surface area contributed by atoms with Crippen molar-refractivity contribution in [2.45, 2.75) is 43.5 Å². The molecule has 0 saturated heterocycles. The average Bonchev–Trinajstić information content (AvgIpc) is 3.37. The van der Waals surface area contributed by atoms with Crippen LogP contribution in [0.5, 0.6) is 0 Å². The average molecular weight is 413 g/mol. The van der Waals surface area contributed by atoms with Gasteiger partial charge in [-0.1, -0.05) is 36.8 Å². The van der Waals surface area contributed by atoms with Gasteiger partial charge in [-0.05, 0) is 68.2 Å². The number of nitrogens with one attached hydrogen (secondary N) is 1. The molecule has 1 amide bonds. The molecule has 0 heterocycles. The maximum Gasteiger partial charge on any atom is 0.264 e. The van der Waals surface area contributed by atoms with Crippen molar-refractivity contribution in [1.82, 2.24) is 5.32 Å². The van der Waals surface area contributed by atoms with Crippen molar-refractivity contribution in [3.8, 4) is 0 Å². The van der Waals surface area contributed by atoms with E-state index in [0.29, 0.717) is 17.5 Å². The first-order valence-electron chi connectivity index (χ1n) is 10.3. The van der Waals surface area contributed by atoms with E-state index in [9.17, 15) is 13.2 Å². The summed E-state index contributed by atoms with van der Waals surface area (Å²) in [6.07, 6.45) is 5.01. The molecule has 0 unspecified atom stereocenters.